The van der Waals surface area contributed by atoms with Gasteiger partial charge in [-0.15, -0.1) is 0 Å². The SMILES string of the molecule is Cc1nccc(C(=O)NCc2cnc([C@]3(C)CCCCO3)nc2)n1. The zero-order valence-corrected chi connectivity index (χ0v) is 14.0. The standard InChI is InChI=1S/C17H21N5O2/c1-12-18-7-5-14(22-12)15(23)19-9-13-10-20-16(21-11-13)17(2)6-3-4-8-24-17/h5,7,10-11H,3-4,6,8-9H2,1-2H3,(H,19,23)/t17-/m0/s1. The topological polar surface area (TPSA) is 89.9 Å². The predicted octanol–water partition coefficient (Wildman–Crippen LogP) is 1.92. The Morgan fingerprint density at radius 1 is 1.29 bits per heavy atom. The number of carbonyl (C=O) groups excluding carboxylic acids is 1. The lowest BCUT2D eigenvalue weighted by Crippen LogP contribution is -2.32. The van der Waals surface area contributed by atoms with E-state index < -0.39 is 5.60 Å². The van der Waals surface area contributed by atoms with E-state index in [0.717, 1.165) is 31.4 Å². The first-order valence-corrected chi connectivity index (χ1v) is 8.10. The van der Waals surface area contributed by atoms with Crippen molar-refractivity contribution in [2.45, 2.75) is 45.3 Å². The number of nitrogens with zero attached hydrogens (tertiary/aromatic N) is 4. The van der Waals surface area contributed by atoms with Gasteiger partial charge in [-0.1, -0.05) is 0 Å². The zero-order chi connectivity index (χ0) is 17.0. The molecule has 0 bridgehead atoms. The molecule has 1 amide bonds. The lowest BCUT2D eigenvalue weighted by atomic mass is 9.95. The fraction of sp³-hybridized carbons (Fsp3) is 0.471. The third kappa shape index (κ3) is 3.73. The van der Waals surface area contributed by atoms with Crippen LogP contribution in [-0.2, 0) is 16.9 Å². The number of aryl methyl sites for hydroxylation is 1. The van der Waals surface area contributed by atoms with E-state index >= 15 is 0 Å². The van der Waals surface area contributed by atoms with Crippen LogP contribution in [0.1, 0.15) is 53.9 Å². The van der Waals surface area contributed by atoms with E-state index in [1.54, 1.807) is 31.6 Å². The van der Waals surface area contributed by atoms with Crippen molar-refractivity contribution in [2.75, 3.05) is 6.61 Å². The second-order valence-corrected chi connectivity index (χ2v) is 6.12. The average molecular weight is 327 g/mol. The summed E-state index contributed by atoms with van der Waals surface area (Å²) < 4.78 is 5.85. The summed E-state index contributed by atoms with van der Waals surface area (Å²) in [6, 6.07) is 1.59. The van der Waals surface area contributed by atoms with Crippen LogP contribution >= 0.6 is 0 Å². The Labute approximate surface area is 140 Å². The molecular weight excluding hydrogens is 306 g/mol. The van der Waals surface area contributed by atoms with Crippen LogP contribution in [-0.4, -0.2) is 32.4 Å². The van der Waals surface area contributed by atoms with Crippen LogP contribution in [0.3, 0.4) is 0 Å². The molecule has 7 nitrogen and oxygen atoms in total. The molecule has 1 atom stereocenters. The van der Waals surface area contributed by atoms with Gasteiger partial charge in [0.15, 0.2) is 5.82 Å². The van der Waals surface area contributed by atoms with Crippen LogP contribution in [0, 0.1) is 6.92 Å². The van der Waals surface area contributed by atoms with E-state index in [2.05, 4.69) is 25.3 Å². The molecule has 24 heavy (non-hydrogen) atoms. The van der Waals surface area contributed by atoms with Gasteiger partial charge >= 0.3 is 0 Å². The number of hydrogen-bond donors (Lipinski definition) is 1. The van der Waals surface area contributed by atoms with E-state index in [1.165, 1.54) is 0 Å². The molecule has 0 saturated carbocycles. The van der Waals surface area contributed by atoms with Crippen molar-refractivity contribution >= 4 is 5.91 Å². The molecule has 1 saturated heterocycles. The molecular formula is C17H21N5O2. The molecule has 3 heterocycles. The summed E-state index contributed by atoms with van der Waals surface area (Å²) in [5, 5.41) is 2.81. The number of rotatable bonds is 4. The van der Waals surface area contributed by atoms with Crippen molar-refractivity contribution in [1.82, 2.24) is 25.3 Å². The van der Waals surface area contributed by atoms with Crippen molar-refractivity contribution in [2.24, 2.45) is 0 Å². The van der Waals surface area contributed by atoms with Gasteiger partial charge in [0.25, 0.3) is 5.91 Å². The van der Waals surface area contributed by atoms with Gasteiger partial charge in [-0.05, 0) is 39.2 Å². The van der Waals surface area contributed by atoms with Gasteiger partial charge in [0.1, 0.15) is 17.1 Å². The molecule has 1 aliphatic rings. The molecule has 3 rings (SSSR count). The molecule has 1 aliphatic heterocycles. The summed E-state index contributed by atoms with van der Waals surface area (Å²) in [5.74, 6) is 1.02. The summed E-state index contributed by atoms with van der Waals surface area (Å²) in [5.41, 5.74) is 0.777. The molecule has 0 spiro atoms. The van der Waals surface area contributed by atoms with E-state index in [4.69, 9.17) is 4.74 Å². The maximum atomic E-state index is 12.1. The fourth-order valence-corrected chi connectivity index (χ4v) is 2.69. The van der Waals surface area contributed by atoms with Crippen LogP contribution in [0.15, 0.2) is 24.7 Å². The highest BCUT2D eigenvalue weighted by atomic mass is 16.5. The van der Waals surface area contributed by atoms with Crippen molar-refractivity contribution in [3.05, 3.63) is 47.6 Å². The number of aromatic nitrogens is 4. The number of hydrogen-bond acceptors (Lipinski definition) is 6. The molecule has 1 fully saturated rings. The third-order valence-electron chi connectivity index (χ3n) is 4.11. The zero-order valence-electron chi connectivity index (χ0n) is 14.0. The van der Waals surface area contributed by atoms with Crippen molar-refractivity contribution < 1.29 is 9.53 Å². The van der Waals surface area contributed by atoms with E-state index in [1.807, 2.05) is 6.92 Å². The molecule has 0 radical (unpaired) electrons. The minimum atomic E-state index is -0.404. The fourth-order valence-electron chi connectivity index (χ4n) is 2.69. The van der Waals surface area contributed by atoms with E-state index in [9.17, 15) is 4.79 Å². The number of nitrogens with one attached hydrogen (secondary N) is 1. The normalized spacial score (nSPS) is 20.6. The van der Waals surface area contributed by atoms with Crippen molar-refractivity contribution in [1.29, 1.82) is 0 Å². The summed E-state index contributed by atoms with van der Waals surface area (Å²) in [4.78, 5) is 29.0. The quantitative estimate of drug-likeness (QED) is 0.923. The smallest absolute Gasteiger partial charge is 0.270 e. The van der Waals surface area contributed by atoms with Gasteiger partial charge < -0.3 is 10.1 Å². The Morgan fingerprint density at radius 3 is 2.75 bits per heavy atom. The second kappa shape index (κ2) is 7.00. The van der Waals surface area contributed by atoms with Gasteiger partial charge in [0.05, 0.1) is 0 Å². The van der Waals surface area contributed by atoms with Crippen LogP contribution in [0.2, 0.25) is 0 Å². The number of carbonyl (C=O) groups is 1. The highest BCUT2D eigenvalue weighted by molar-refractivity contribution is 5.92. The Morgan fingerprint density at radius 2 is 2.08 bits per heavy atom. The Bertz CT molecular complexity index is 711. The van der Waals surface area contributed by atoms with Crippen molar-refractivity contribution in [3.8, 4) is 0 Å². The first-order chi connectivity index (χ1) is 11.6. The molecule has 7 heteroatoms. The van der Waals surface area contributed by atoms with Crippen LogP contribution in [0.5, 0.6) is 0 Å². The van der Waals surface area contributed by atoms with Crippen LogP contribution < -0.4 is 5.32 Å². The highest BCUT2D eigenvalue weighted by Gasteiger charge is 2.32. The maximum absolute atomic E-state index is 12.1. The average Bonchev–Trinajstić information content (AvgIpc) is 2.61. The molecule has 0 unspecified atom stereocenters. The minimum Gasteiger partial charge on any atom is -0.367 e. The van der Waals surface area contributed by atoms with Gasteiger partial charge in [-0.25, -0.2) is 19.9 Å². The summed E-state index contributed by atoms with van der Waals surface area (Å²) in [7, 11) is 0. The van der Waals surface area contributed by atoms with Gasteiger partial charge in [-0.2, -0.15) is 0 Å². The summed E-state index contributed by atoms with van der Waals surface area (Å²) >= 11 is 0. The second-order valence-electron chi connectivity index (χ2n) is 6.12. The van der Waals surface area contributed by atoms with Gasteiger partial charge in [0, 0.05) is 37.3 Å². The lowest BCUT2D eigenvalue weighted by molar-refractivity contribution is -0.0760. The van der Waals surface area contributed by atoms with Gasteiger partial charge in [-0.3, -0.25) is 4.79 Å². The minimum absolute atomic E-state index is 0.243. The number of ether oxygens (including phenoxy) is 1. The summed E-state index contributed by atoms with van der Waals surface area (Å²) in [6.45, 7) is 4.87. The first kappa shape index (κ1) is 16.4. The number of amides is 1. The Balaban J connectivity index is 1.61. The van der Waals surface area contributed by atoms with Gasteiger partial charge in [0.2, 0.25) is 0 Å². The van der Waals surface area contributed by atoms with Crippen molar-refractivity contribution in [3.63, 3.8) is 0 Å². The molecule has 126 valence electrons. The molecule has 0 aromatic carbocycles. The van der Waals surface area contributed by atoms with E-state index in [-0.39, 0.29) is 5.91 Å². The Hall–Kier alpha value is -2.41. The van der Waals surface area contributed by atoms with Crippen LogP contribution in [0.25, 0.3) is 0 Å². The summed E-state index contributed by atoms with van der Waals surface area (Å²) in [6.07, 6.45) is 8.17. The molecule has 2 aromatic rings. The molecule has 0 aliphatic carbocycles. The van der Waals surface area contributed by atoms with Crippen LogP contribution in [0.4, 0.5) is 0 Å². The van der Waals surface area contributed by atoms with E-state index in [0.29, 0.717) is 23.9 Å². The molecule has 2 aromatic heterocycles. The highest BCUT2D eigenvalue weighted by Crippen LogP contribution is 2.32. The largest absolute Gasteiger partial charge is 0.367 e. The maximum Gasteiger partial charge on any atom is 0.270 e. The first-order valence-electron chi connectivity index (χ1n) is 8.10. The predicted molar refractivity (Wildman–Crippen MR) is 87.1 cm³/mol. The molecule has 1 N–H and O–H groups in total. The third-order valence-corrected chi connectivity index (χ3v) is 4.11. The Kier molecular flexibility index (Phi) is 4.80. The lowest BCUT2D eigenvalue weighted by Gasteiger charge is -2.32. The monoisotopic (exact) mass is 327 g/mol.